The average molecular weight is 288 g/mol. The summed E-state index contributed by atoms with van der Waals surface area (Å²) in [6, 6.07) is 2.09. The summed E-state index contributed by atoms with van der Waals surface area (Å²) in [4.78, 5) is 8.45. The highest BCUT2D eigenvalue weighted by molar-refractivity contribution is 5.79. The number of rotatable bonds is 6. The lowest BCUT2D eigenvalue weighted by Crippen LogP contribution is -2.46. The SMILES string of the molecule is CCC1(CNC(=NC)NCCc2ccncc2C)CCC1. The maximum Gasteiger partial charge on any atom is 0.191 e. The molecule has 1 heterocycles. The standard InChI is InChI=1S/C17H28N4/c1-4-17(8-5-9-17)13-21-16(18-3)20-11-7-15-6-10-19-12-14(15)2/h6,10,12H,4-5,7-9,11,13H2,1-3H3,(H2,18,20,21). The molecule has 0 saturated heterocycles. The first-order valence-electron chi connectivity index (χ1n) is 8.03. The van der Waals surface area contributed by atoms with E-state index in [4.69, 9.17) is 0 Å². The fourth-order valence-corrected chi connectivity index (χ4v) is 2.92. The van der Waals surface area contributed by atoms with E-state index in [-0.39, 0.29) is 0 Å². The van der Waals surface area contributed by atoms with Gasteiger partial charge in [-0.25, -0.2) is 0 Å². The maximum atomic E-state index is 4.32. The zero-order valence-electron chi connectivity index (χ0n) is 13.6. The smallest absolute Gasteiger partial charge is 0.191 e. The van der Waals surface area contributed by atoms with E-state index < -0.39 is 0 Å². The molecule has 0 spiro atoms. The molecule has 1 aromatic rings. The molecule has 1 aromatic heterocycles. The third-order valence-electron chi connectivity index (χ3n) is 4.84. The average Bonchev–Trinajstić information content (AvgIpc) is 2.46. The van der Waals surface area contributed by atoms with E-state index in [1.807, 2.05) is 19.4 Å². The fraction of sp³-hybridized carbons (Fsp3) is 0.647. The maximum absolute atomic E-state index is 4.32. The van der Waals surface area contributed by atoms with Crippen molar-refractivity contribution in [1.29, 1.82) is 0 Å². The highest BCUT2D eigenvalue weighted by Gasteiger charge is 2.34. The van der Waals surface area contributed by atoms with Crippen molar-refractivity contribution in [2.24, 2.45) is 10.4 Å². The largest absolute Gasteiger partial charge is 0.356 e. The van der Waals surface area contributed by atoms with Crippen LogP contribution in [0.25, 0.3) is 0 Å². The van der Waals surface area contributed by atoms with Crippen LogP contribution < -0.4 is 10.6 Å². The lowest BCUT2D eigenvalue weighted by molar-refractivity contribution is 0.131. The van der Waals surface area contributed by atoms with Gasteiger partial charge in [-0.1, -0.05) is 13.3 Å². The van der Waals surface area contributed by atoms with Crippen molar-refractivity contribution < 1.29 is 0 Å². The zero-order valence-corrected chi connectivity index (χ0v) is 13.6. The number of nitrogens with zero attached hydrogens (tertiary/aromatic N) is 2. The Kier molecular flexibility index (Phi) is 5.59. The molecule has 2 rings (SSSR count). The third-order valence-corrected chi connectivity index (χ3v) is 4.84. The van der Waals surface area contributed by atoms with E-state index in [0.29, 0.717) is 5.41 Å². The number of hydrogen-bond acceptors (Lipinski definition) is 2. The number of nitrogens with one attached hydrogen (secondary N) is 2. The first-order valence-corrected chi connectivity index (χ1v) is 8.03. The molecule has 0 unspecified atom stereocenters. The van der Waals surface area contributed by atoms with Crippen LogP contribution in [0.5, 0.6) is 0 Å². The minimum absolute atomic E-state index is 0.513. The first kappa shape index (κ1) is 15.8. The van der Waals surface area contributed by atoms with Crippen LogP contribution >= 0.6 is 0 Å². The normalized spacial score (nSPS) is 17.2. The Hall–Kier alpha value is -1.58. The molecule has 0 aliphatic heterocycles. The molecule has 4 nitrogen and oxygen atoms in total. The van der Waals surface area contributed by atoms with Crippen molar-refractivity contribution in [2.45, 2.75) is 46.0 Å². The van der Waals surface area contributed by atoms with Crippen LogP contribution in [0.1, 0.15) is 43.7 Å². The molecule has 21 heavy (non-hydrogen) atoms. The molecular formula is C17H28N4. The van der Waals surface area contributed by atoms with Gasteiger partial charge >= 0.3 is 0 Å². The van der Waals surface area contributed by atoms with E-state index in [9.17, 15) is 0 Å². The molecule has 1 fully saturated rings. The third kappa shape index (κ3) is 4.19. The summed E-state index contributed by atoms with van der Waals surface area (Å²) in [7, 11) is 1.84. The fourth-order valence-electron chi connectivity index (χ4n) is 2.92. The summed E-state index contributed by atoms with van der Waals surface area (Å²) in [6.45, 7) is 6.33. The molecule has 0 bridgehead atoms. The summed E-state index contributed by atoms with van der Waals surface area (Å²) in [5.74, 6) is 0.918. The summed E-state index contributed by atoms with van der Waals surface area (Å²) in [5.41, 5.74) is 3.11. The van der Waals surface area contributed by atoms with Gasteiger partial charge in [0.05, 0.1) is 0 Å². The highest BCUT2D eigenvalue weighted by atomic mass is 15.2. The van der Waals surface area contributed by atoms with Gasteiger partial charge in [0, 0.05) is 32.5 Å². The molecule has 4 heteroatoms. The van der Waals surface area contributed by atoms with Crippen LogP contribution in [-0.4, -0.2) is 31.1 Å². The minimum atomic E-state index is 0.513. The van der Waals surface area contributed by atoms with Gasteiger partial charge in [-0.2, -0.15) is 0 Å². The van der Waals surface area contributed by atoms with E-state index in [2.05, 4.69) is 40.5 Å². The van der Waals surface area contributed by atoms with Crippen molar-refractivity contribution in [2.75, 3.05) is 20.1 Å². The van der Waals surface area contributed by atoms with Gasteiger partial charge < -0.3 is 10.6 Å². The van der Waals surface area contributed by atoms with Crippen molar-refractivity contribution >= 4 is 5.96 Å². The van der Waals surface area contributed by atoms with Crippen molar-refractivity contribution in [3.63, 3.8) is 0 Å². The lowest BCUT2D eigenvalue weighted by Gasteiger charge is -2.41. The number of aliphatic imine (C=N–C) groups is 1. The van der Waals surface area contributed by atoms with Gasteiger partial charge in [0.15, 0.2) is 5.96 Å². The molecule has 2 N–H and O–H groups in total. The number of aromatic nitrogens is 1. The van der Waals surface area contributed by atoms with E-state index in [1.54, 1.807) is 0 Å². The molecule has 1 aliphatic rings. The van der Waals surface area contributed by atoms with E-state index in [0.717, 1.165) is 25.5 Å². The molecular weight excluding hydrogens is 260 g/mol. The Morgan fingerprint density at radius 2 is 2.19 bits per heavy atom. The van der Waals surface area contributed by atoms with Crippen LogP contribution in [0.3, 0.4) is 0 Å². The Bertz CT molecular complexity index is 472. The summed E-state index contributed by atoms with van der Waals surface area (Å²) in [5, 5.41) is 6.90. The molecule has 0 amide bonds. The Balaban J connectivity index is 1.74. The van der Waals surface area contributed by atoms with Gasteiger partial charge in [0.1, 0.15) is 0 Å². The van der Waals surface area contributed by atoms with Crippen molar-refractivity contribution in [3.8, 4) is 0 Å². The molecule has 116 valence electrons. The summed E-state index contributed by atoms with van der Waals surface area (Å²) < 4.78 is 0. The quantitative estimate of drug-likeness (QED) is 0.625. The van der Waals surface area contributed by atoms with Crippen LogP contribution in [-0.2, 0) is 6.42 Å². The van der Waals surface area contributed by atoms with Gasteiger partial charge in [-0.15, -0.1) is 0 Å². The number of guanidine groups is 1. The minimum Gasteiger partial charge on any atom is -0.356 e. The van der Waals surface area contributed by atoms with Crippen LogP contribution in [0.2, 0.25) is 0 Å². The second-order valence-electron chi connectivity index (χ2n) is 6.11. The Morgan fingerprint density at radius 1 is 1.38 bits per heavy atom. The lowest BCUT2D eigenvalue weighted by atomic mass is 9.67. The zero-order chi connectivity index (χ0) is 15.1. The molecule has 1 aliphatic carbocycles. The van der Waals surface area contributed by atoms with Gasteiger partial charge in [0.2, 0.25) is 0 Å². The summed E-state index contributed by atoms with van der Waals surface area (Å²) in [6.07, 6.45) is 10.1. The van der Waals surface area contributed by atoms with Crippen LogP contribution in [0.15, 0.2) is 23.5 Å². The van der Waals surface area contributed by atoms with Crippen molar-refractivity contribution in [1.82, 2.24) is 15.6 Å². The Labute approximate surface area is 128 Å². The van der Waals surface area contributed by atoms with E-state index in [1.165, 1.54) is 36.8 Å². The predicted molar refractivity (Wildman–Crippen MR) is 88.6 cm³/mol. The first-order chi connectivity index (χ1) is 10.2. The molecule has 0 aromatic carbocycles. The second kappa shape index (κ2) is 7.43. The summed E-state index contributed by atoms with van der Waals surface area (Å²) >= 11 is 0. The van der Waals surface area contributed by atoms with Gasteiger partial charge in [0.25, 0.3) is 0 Å². The van der Waals surface area contributed by atoms with Crippen molar-refractivity contribution in [3.05, 3.63) is 29.6 Å². The second-order valence-corrected chi connectivity index (χ2v) is 6.11. The number of pyridine rings is 1. The number of hydrogen-bond donors (Lipinski definition) is 2. The van der Waals surface area contributed by atoms with Gasteiger partial charge in [-0.3, -0.25) is 9.98 Å². The monoisotopic (exact) mass is 288 g/mol. The highest BCUT2D eigenvalue weighted by Crippen LogP contribution is 2.42. The van der Waals surface area contributed by atoms with Crippen LogP contribution in [0.4, 0.5) is 0 Å². The predicted octanol–water partition coefficient (Wildman–Crippen LogP) is 2.68. The molecule has 0 atom stereocenters. The Morgan fingerprint density at radius 3 is 2.76 bits per heavy atom. The topological polar surface area (TPSA) is 49.3 Å². The number of aryl methyl sites for hydroxylation is 1. The van der Waals surface area contributed by atoms with Gasteiger partial charge in [-0.05, 0) is 55.2 Å². The van der Waals surface area contributed by atoms with Crippen LogP contribution in [0, 0.1) is 12.3 Å². The molecule has 1 saturated carbocycles. The molecule has 0 radical (unpaired) electrons. The van der Waals surface area contributed by atoms with E-state index >= 15 is 0 Å².